The number of nitrogens with one attached hydrogen (secondary N) is 3. The minimum absolute atomic E-state index is 0.177. The SMILES string of the molecule is CCCCCCCCCCCCCCNC(=O)CCN(C)CCCCC.CCCCCCCCCCCCCCNC(=O)CCN(C)CCCN(C)CCC(=O)NCCCCCCCCCCCCCC. The fraction of sp³-hybridized carbons (Fsp3) is 0.952. The third-order valence-corrected chi connectivity index (χ3v) is 14.4. The van der Waals surface area contributed by atoms with Gasteiger partial charge in [-0.3, -0.25) is 14.4 Å². The first-order valence-electron chi connectivity index (χ1n) is 31.6. The van der Waals surface area contributed by atoms with E-state index in [1.54, 1.807) is 0 Å². The van der Waals surface area contributed by atoms with Crippen LogP contribution in [0.3, 0.4) is 0 Å². The third-order valence-electron chi connectivity index (χ3n) is 14.4. The molecule has 9 nitrogen and oxygen atoms in total. The molecule has 0 aromatic heterocycles. The number of carbonyl (C=O) groups excluding carboxylic acids is 3. The lowest BCUT2D eigenvalue weighted by molar-refractivity contribution is -0.122. The van der Waals surface area contributed by atoms with Crippen LogP contribution in [0.2, 0.25) is 0 Å². The molecule has 0 aliphatic rings. The Morgan fingerprint density at radius 3 is 0.648 bits per heavy atom. The van der Waals surface area contributed by atoms with Crippen LogP contribution in [-0.2, 0) is 14.4 Å². The van der Waals surface area contributed by atoms with Crippen molar-refractivity contribution in [3.63, 3.8) is 0 Å². The molecule has 3 N–H and O–H groups in total. The second-order valence-corrected chi connectivity index (χ2v) is 21.9. The minimum atomic E-state index is 0.177. The van der Waals surface area contributed by atoms with Gasteiger partial charge in [-0.1, -0.05) is 252 Å². The smallest absolute Gasteiger partial charge is 0.221 e. The summed E-state index contributed by atoms with van der Waals surface area (Å²) in [7, 11) is 6.32. The molecule has 0 atom stereocenters. The Labute approximate surface area is 444 Å². The van der Waals surface area contributed by atoms with E-state index in [0.29, 0.717) is 19.3 Å². The number of rotatable bonds is 56. The Morgan fingerprint density at radius 1 is 0.239 bits per heavy atom. The lowest BCUT2D eigenvalue weighted by Crippen LogP contribution is -2.32. The van der Waals surface area contributed by atoms with Crippen LogP contribution in [0.5, 0.6) is 0 Å². The van der Waals surface area contributed by atoms with Crippen molar-refractivity contribution in [2.75, 3.05) is 80.0 Å². The average Bonchev–Trinajstić information content (AvgIpc) is 3.36. The van der Waals surface area contributed by atoms with E-state index >= 15 is 0 Å². The standard InChI is InChI=1S/C39H80N4O2.C23H48N2O/c1-5-7-9-11-13-15-17-19-21-23-25-27-32-40-38(44)30-36-42(3)34-29-35-43(4)37-31-39(45)41-33-28-26-24-22-20-18-16-14-12-10-8-6-2;1-4-6-8-9-10-11-12-13-14-15-16-17-20-24-23(26)19-22-25(3)21-18-7-5-2/h5-37H2,1-4H3,(H,40,44)(H,41,45);4-22H2,1-3H3,(H,24,26). The van der Waals surface area contributed by atoms with Crippen molar-refractivity contribution in [2.45, 2.75) is 304 Å². The van der Waals surface area contributed by atoms with Crippen LogP contribution in [0.1, 0.15) is 304 Å². The van der Waals surface area contributed by atoms with Gasteiger partial charge in [-0.25, -0.2) is 0 Å². The van der Waals surface area contributed by atoms with Crippen molar-refractivity contribution in [2.24, 2.45) is 0 Å². The fourth-order valence-corrected chi connectivity index (χ4v) is 9.30. The van der Waals surface area contributed by atoms with Crippen LogP contribution in [-0.4, -0.2) is 112 Å². The van der Waals surface area contributed by atoms with Crippen LogP contribution in [0.25, 0.3) is 0 Å². The highest BCUT2D eigenvalue weighted by molar-refractivity contribution is 5.76. The van der Waals surface area contributed by atoms with E-state index < -0.39 is 0 Å². The van der Waals surface area contributed by atoms with Gasteiger partial charge in [-0.05, 0) is 72.9 Å². The van der Waals surface area contributed by atoms with E-state index in [1.807, 2.05) is 0 Å². The maximum atomic E-state index is 12.2. The molecular formula is C62H128N6O3. The zero-order valence-corrected chi connectivity index (χ0v) is 49.3. The monoisotopic (exact) mass is 1010 g/mol. The molecule has 9 heteroatoms. The van der Waals surface area contributed by atoms with Gasteiger partial charge in [-0.15, -0.1) is 0 Å². The molecule has 0 aliphatic carbocycles. The van der Waals surface area contributed by atoms with E-state index in [1.165, 1.54) is 231 Å². The maximum absolute atomic E-state index is 12.2. The predicted octanol–water partition coefficient (Wildman–Crippen LogP) is 16.0. The lowest BCUT2D eigenvalue weighted by atomic mass is 10.1. The topological polar surface area (TPSA) is 97.0 Å². The molecule has 0 rings (SSSR count). The van der Waals surface area contributed by atoms with Gasteiger partial charge in [0, 0.05) is 58.5 Å². The molecule has 3 amide bonds. The molecule has 0 unspecified atom stereocenters. The summed E-state index contributed by atoms with van der Waals surface area (Å²) in [5, 5.41) is 9.28. The second-order valence-electron chi connectivity index (χ2n) is 21.9. The van der Waals surface area contributed by atoms with Crippen molar-refractivity contribution >= 4 is 17.7 Å². The zero-order chi connectivity index (χ0) is 52.4. The summed E-state index contributed by atoms with van der Waals surface area (Å²) < 4.78 is 0. The minimum Gasteiger partial charge on any atom is -0.356 e. The molecule has 0 spiro atoms. The first kappa shape index (κ1) is 71.4. The predicted molar refractivity (Wildman–Crippen MR) is 313 cm³/mol. The number of nitrogens with zero attached hydrogens (tertiary/aromatic N) is 3. The van der Waals surface area contributed by atoms with E-state index in [0.717, 1.165) is 84.6 Å². The van der Waals surface area contributed by atoms with Crippen LogP contribution >= 0.6 is 0 Å². The van der Waals surface area contributed by atoms with E-state index in [-0.39, 0.29) is 17.7 Å². The Morgan fingerprint density at radius 2 is 0.423 bits per heavy atom. The Hall–Kier alpha value is -1.71. The van der Waals surface area contributed by atoms with Gasteiger partial charge in [0.05, 0.1) is 0 Å². The number of hydrogen-bond acceptors (Lipinski definition) is 6. The summed E-state index contributed by atoms with van der Waals surface area (Å²) in [6.07, 6.45) is 55.2. The van der Waals surface area contributed by atoms with Gasteiger partial charge < -0.3 is 30.7 Å². The maximum Gasteiger partial charge on any atom is 0.221 e. The largest absolute Gasteiger partial charge is 0.356 e. The summed E-state index contributed by atoms with van der Waals surface area (Å²) in [5.74, 6) is 0.573. The third kappa shape index (κ3) is 62.5. The van der Waals surface area contributed by atoms with Crippen molar-refractivity contribution in [1.29, 1.82) is 0 Å². The Bertz CT molecular complexity index is 1030. The molecule has 0 radical (unpaired) electrons. The molecule has 0 heterocycles. The average molecular weight is 1010 g/mol. The number of unbranched alkanes of at least 4 members (excludes halogenated alkanes) is 35. The van der Waals surface area contributed by atoms with Gasteiger partial charge in [0.15, 0.2) is 0 Å². The van der Waals surface area contributed by atoms with Crippen molar-refractivity contribution in [3.8, 4) is 0 Å². The number of carbonyl (C=O) groups is 3. The van der Waals surface area contributed by atoms with Crippen LogP contribution < -0.4 is 16.0 Å². The zero-order valence-electron chi connectivity index (χ0n) is 49.3. The molecule has 71 heavy (non-hydrogen) atoms. The summed E-state index contributed by atoms with van der Waals surface area (Å²) in [6, 6.07) is 0. The van der Waals surface area contributed by atoms with Gasteiger partial charge >= 0.3 is 0 Å². The molecule has 0 saturated carbocycles. The van der Waals surface area contributed by atoms with Gasteiger partial charge in [-0.2, -0.15) is 0 Å². The quantitative estimate of drug-likeness (QED) is 0.0525. The van der Waals surface area contributed by atoms with Crippen LogP contribution in [0.4, 0.5) is 0 Å². The molecule has 0 aliphatic heterocycles. The first-order valence-corrected chi connectivity index (χ1v) is 31.6. The highest BCUT2D eigenvalue weighted by Gasteiger charge is 2.08. The summed E-state index contributed by atoms with van der Waals surface area (Å²) in [4.78, 5) is 43.0. The molecule has 0 aromatic carbocycles. The molecule has 0 aromatic rings. The van der Waals surface area contributed by atoms with Gasteiger partial charge in [0.1, 0.15) is 0 Å². The van der Waals surface area contributed by atoms with Crippen LogP contribution in [0.15, 0.2) is 0 Å². The lowest BCUT2D eigenvalue weighted by Gasteiger charge is -2.20. The Kier molecular flexibility index (Phi) is 61.2. The normalized spacial score (nSPS) is 11.4. The molecule has 0 saturated heterocycles. The van der Waals surface area contributed by atoms with Gasteiger partial charge in [0.2, 0.25) is 17.7 Å². The van der Waals surface area contributed by atoms with Crippen molar-refractivity contribution in [3.05, 3.63) is 0 Å². The van der Waals surface area contributed by atoms with Crippen molar-refractivity contribution in [1.82, 2.24) is 30.7 Å². The molecule has 0 fully saturated rings. The summed E-state index contributed by atoms with van der Waals surface area (Å²) >= 11 is 0. The van der Waals surface area contributed by atoms with E-state index in [9.17, 15) is 14.4 Å². The summed E-state index contributed by atoms with van der Waals surface area (Å²) in [5.41, 5.74) is 0. The fourth-order valence-electron chi connectivity index (χ4n) is 9.30. The highest BCUT2D eigenvalue weighted by atomic mass is 16.2. The molecule has 0 bridgehead atoms. The molecule has 424 valence electrons. The Balaban J connectivity index is 0. The number of hydrogen-bond donors (Lipinski definition) is 3. The van der Waals surface area contributed by atoms with E-state index in [2.05, 4.69) is 79.5 Å². The van der Waals surface area contributed by atoms with Crippen molar-refractivity contribution < 1.29 is 14.4 Å². The first-order chi connectivity index (χ1) is 34.7. The summed E-state index contributed by atoms with van der Waals surface area (Å²) in [6.45, 7) is 17.1. The van der Waals surface area contributed by atoms with Crippen LogP contribution in [0, 0.1) is 0 Å². The highest BCUT2D eigenvalue weighted by Crippen LogP contribution is 2.14. The second kappa shape index (κ2) is 60.8. The van der Waals surface area contributed by atoms with E-state index in [4.69, 9.17) is 0 Å². The van der Waals surface area contributed by atoms with Gasteiger partial charge in [0.25, 0.3) is 0 Å². The number of amides is 3. The molecular weight excluding hydrogens is 877 g/mol.